The molecule has 7 nitrogen and oxygen atoms in total. The van der Waals surface area contributed by atoms with Crippen LogP contribution >= 0.6 is 24.0 Å². The van der Waals surface area contributed by atoms with Gasteiger partial charge in [-0.15, -0.1) is 24.0 Å². The number of furan rings is 1. The van der Waals surface area contributed by atoms with Gasteiger partial charge in [0.05, 0.1) is 32.1 Å². The Labute approximate surface area is 195 Å². The number of aliphatic imine (C=N–C) groups is 1. The zero-order valence-corrected chi connectivity index (χ0v) is 20.0. The highest BCUT2D eigenvalue weighted by Gasteiger charge is 2.26. The van der Waals surface area contributed by atoms with E-state index in [1.807, 2.05) is 13.0 Å². The summed E-state index contributed by atoms with van der Waals surface area (Å²) < 4.78 is 10.9. The molecule has 1 saturated heterocycles. The molecule has 3 rings (SSSR count). The van der Waals surface area contributed by atoms with Crippen LogP contribution in [-0.4, -0.2) is 61.9 Å². The van der Waals surface area contributed by atoms with Crippen molar-refractivity contribution in [1.29, 1.82) is 0 Å². The van der Waals surface area contributed by atoms with E-state index in [-0.39, 0.29) is 36.6 Å². The summed E-state index contributed by atoms with van der Waals surface area (Å²) >= 11 is 0. The van der Waals surface area contributed by atoms with Gasteiger partial charge >= 0.3 is 0 Å². The van der Waals surface area contributed by atoms with E-state index in [1.54, 1.807) is 25.3 Å². The molecule has 30 heavy (non-hydrogen) atoms. The summed E-state index contributed by atoms with van der Waals surface area (Å²) in [5, 5.41) is 17.4. The zero-order valence-electron chi connectivity index (χ0n) is 17.7. The molecule has 8 heteroatoms. The van der Waals surface area contributed by atoms with Crippen LogP contribution in [0.2, 0.25) is 0 Å². The molecule has 0 radical (unpaired) electrons. The first-order valence-corrected chi connectivity index (χ1v) is 10.3. The predicted molar refractivity (Wildman–Crippen MR) is 129 cm³/mol. The van der Waals surface area contributed by atoms with Crippen LogP contribution in [0, 0.1) is 0 Å². The Balaban J connectivity index is 0.00000320. The second-order valence-corrected chi connectivity index (χ2v) is 7.40. The summed E-state index contributed by atoms with van der Waals surface area (Å²) in [5.74, 6) is 1.18. The van der Waals surface area contributed by atoms with Gasteiger partial charge in [-0.3, -0.25) is 4.90 Å². The van der Waals surface area contributed by atoms with Crippen molar-refractivity contribution in [3.8, 4) is 0 Å². The van der Waals surface area contributed by atoms with Crippen molar-refractivity contribution in [3.05, 3.63) is 60.1 Å². The number of morpholine rings is 1. The minimum Gasteiger partial charge on any atom is -0.466 e. The molecule has 1 aromatic heterocycles. The second-order valence-electron chi connectivity index (χ2n) is 7.40. The summed E-state index contributed by atoms with van der Waals surface area (Å²) in [6.45, 7) is 8.69. The normalized spacial score (nSPS) is 18.2. The highest BCUT2D eigenvalue weighted by molar-refractivity contribution is 14.0. The van der Waals surface area contributed by atoms with Crippen molar-refractivity contribution in [2.45, 2.75) is 25.5 Å². The van der Waals surface area contributed by atoms with Crippen LogP contribution in [0.5, 0.6) is 0 Å². The highest BCUT2D eigenvalue weighted by atomic mass is 127. The van der Waals surface area contributed by atoms with E-state index in [2.05, 4.69) is 44.8 Å². The molecule has 3 N–H and O–H groups in total. The average Bonchev–Trinajstić information content (AvgIpc) is 3.30. The lowest BCUT2D eigenvalue weighted by Crippen LogP contribution is -2.46. The number of rotatable bonds is 8. The first-order valence-electron chi connectivity index (χ1n) is 10.3. The SMILES string of the molecule is CCNC(=NCC(C)(O)c1ccco1)NCC(c1ccccc1)N1CCOCC1.I. The Kier molecular flexibility index (Phi) is 10.1. The number of guanidine groups is 1. The van der Waals surface area contributed by atoms with Gasteiger partial charge in [-0.05, 0) is 31.5 Å². The lowest BCUT2D eigenvalue weighted by atomic mass is 10.0. The number of nitrogens with zero attached hydrogens (tertiary/aromatic N) is 2. The van der Waals surface area contributed by atoms with E-state index in [9.17, 15) is 5.11 Å². The minimum atomic E-state index is -1.16. The van der Waals surface area contributed by atoms with Gasteiger partial charge in [0.25, 0.3) is 0 Å². The summed E-state index contributed by atoms with van der Waals surface area (Å²) in [4.78, 5) is 7.03. The van der Waals surface area contributed by atoms with Crippen molar-refractivity contribution >= 4 is 29.9 Å². The third-order valence-electron chi connectivity index (χ3n) is 5.07. The lowest BCUT2D eigenvalue weighted by Gasteiger charge is -2.35. The van der Waals surface area contributed by atoms with Crippen molar-refractivity contribution in [1.82, 2.24) is 15.5 Å². The maximum absolute atomic E-state index is 10.7. The number of nitrogens with one attached hydrogen (secondary N) is 2. The summed E-state index contributed by atoms with van der Waals surface area (Å²) in [7, 11) is 0. The van der Waals surface area contributed by atoms with Crippen LogP contribution in [-0.2, 0) is 10.3 Å². The fourth-order valence-corrected chi connectivity index (χ4v) is 3.45. The molecular weight excluding hydrogens is 495 g/mol. The molecule has 166 valence electrons. The van der Waals surface area contributed by atoms with Crippen LogP contribution in [0.3, 0.4) is 0 Å². The van der Waals surface area contributed by atoms with Gasteiger partial charge in [0.1, 0.15) is 11.4 Å². The van der Waals surface area contributed by atoms with E-state index in [0.29, 0.717) is 18.3 Å². The van der Waals surface area contributed by atoms with E-state index in [4.69, 9.17) is 9.15 Å². The van der Waals surface area contributed by atoms with E-state index < -0.39 is 5.60 Å². The number of benzene rings is 1. The minimum absolute atomic E-state index is 0. The van der Waals surface area contributed by atoms with Gasteiger partial charge in [-0.1, -0.05) is 30.3 Å². The molecule has 2 atom stereocenters. The average molecular weight is 528 g/mol. The van der Waals surface area contributed by atoms with Crippen LogP contribution in [0.25, 0.3) is 0 Å². The maximum atomic E-state index is 10.7. The molecule has 1 aliphatic rings. The van der Waals surface area contributed by atoms with Gasteiger partial charge in [0, 0.05) is 26.2 Å². The monoisotopic (exact) mass is 528 g/mol. The number of ether oxygens (including phenoxy) is 1. The molecule has 0 saturated carbocycles. The Morgan fingerprint density at radius 1 is 1.17 bits per heavy atom. The summed E-state index contributed by atoms with van der Waals surface area (Å²) in [6.07, 6.45) is 1.56. The summed E-state index contributed by atoms with van der Waals surface area (Å²) in [5.41, 5.74) is 0.106. The Hall–Kier alpha value is -1.62. The largest absolute Gasteiger partial charge is 0.466 e. The van der Waals surface area contributed by atoms with Crippen LogP contribution in [0.15, 0.2) is 58.1 Å². The van der Waals surface area contributed by atoms with E-state index in [1.165, 1.54) is 5.56 Å². The Bertz CT molecular complexity index is 747. The molecule has 0 spiro atoms. The standard InChI is InChI=1S/C22H32N4O3.HI/c1-3-23-21(25-17-22(2,27)20-10-7-13-29-20)24-16-19(18-8-5-4-6-9-18)26-11-14-28-15-12-26;/h4-10,13,19,27H,3,11-12,14-17H2,1-2H3,(H2,23,24,25);1H. The predicted octanol–water partition coefficient (Wildman–Crippen LogP) is 2.73. The Morgan fingerprint density at radius 3 is 2.53 bits per heavy atom. The van der Waals surface area contributed by atoms with Crippen LogP contribution < -0.4 is 10.6 Å². The molecule has 0 aliphatic carbocycles. The zero-order chi connectivity index (χ0) is 20.5. The molecule has 1 fully saturated rings. The number of aliphatic hydroxyl groups is 1. The molecule has 0 amide bonds. The van der Waals surface area contributed by atoms with Gasteiger partial charge in [0.15, 0.2) is 5.96 Å². The topological polar surface area (TPSA) is 82.3 Å². The van der Waals surface area contributed by atoms with Gasteiger partial charge in [0.2, 0.25) is 0 Å². The maximum Gasteiger partial charge on any atom is 0.191 e. The molecular formula is C22H33IN4O3. The molecule has 2 unspecified atom stereocenters. The number of halogens is 1. The molecule has 0 bridgehead atoms. The first-order chi connectivity index (χ1) is 14.1. The quantitative estimate of drug-likeness (QED) is 0.278. The van der Waals surface area contributed by atoms with E-state index >= 15 is 0 Å². The van der Waals surface area contributed by atoms with Crippen molar-refractivity contribution in [3.63, 3.8) is 0 Å². The third kappa shape index (κ3) is 6.97. The highest BCUT2D eigenvalue weighted by Crippen LogP contribution is 2.22. The lowest BCUT2D eigenvalue weighted by molar-refractivity contribution is 0.0169. The van der Waals surface area contributed by atoms with E-state index in [0.717, 1.165) is 32.8 Å². The van der Waals surface area contributed by atoms with Gasteiger partial charge in [-0.2, -0.15) is 0 Å². The fourth-order valence-electron chi connectivity index (χ4n) is 3.45. The third-order valence-corrected chi connectivity index (χ3v) is 5.07. The van der Waals surface area contributed by atoms with Gasteiger partial charge in [-0.25, -0.2) is 4.99 Å². The van der Waals surface area contributed by atoms with Crippen molar-refractivity contribution in [2.75, 3.05) is 45.9 Å². The Morgan fingerprint density at radius 2 is 1.90 bits per heavy atom. The van der Waals surface area contributed by atoms with Crippen LogP contribution in [0.1, 0.15) is 31.2 Å². The second kappa shape index (κ2) is 12.3. The smallest absolute Gasteiger partial charge is 0.191 e. The number of hydrogen-bond acceptors (Lipinski definition) is 5. The summed E-state index contributed by atoms with van der Waals surface area (Å²) in [6, 6.07) is 14.3. The van der Waals surface area contributed by atoms with Crippen molar-refractivity contribution in [2.24, 2.45) is 4.99 Å². The molecule has 2 heterocycles. The van der Waals surface area contributed by atoms with Crippen LogP contribution in [0.4, 0.5) is 0 Å². The molecule has 2 aromatic rings. The molecule has 1 aliphatic heterocycles. The molecule has 1 aromatic carbocycles. The first kappa shape index (κ1) is 24.6. The fraction of sp³-hybridized carbons (Fsp3) is 0.500. The number of hydrogen-bond donors (Lipinski definition) is 3. The van der Waals surface area contributed by atoms with Crippen molar-refractivity contribution < 1.29 is 14.3 Å². The van der Waals surface area contributed by atoms with Gasteiger partial charge < -0.3 is 24.9 Å².